The minimum absolute atomic E-state index is 0.0149. The van der Waals surface area contributed by atoms with Crippen LogP contribution in [0.1, 0.15) is 53.9 Å². The van der Waals surface area contributed by atoms with Gasteiger partial charge in [-0.2, -0.15) is 0 Å². The van der Waals surface area contributed by atoms with Crippen LogP contribution < -0.4 is 5.32 Å². The molecule has 2 rings (SSSR count). The first-order valence-corrected chi connectivity index (χ1v) is 11.4. The molecular weight excluding hydrogens is 340 g/mol. The second-order valence-corrected chi connectivity index (χ2v) is 11.0. The molecule has 2 fully saturated rings. The standard InChI is InChI=1S/C18H34N2O2S2/c1-13(2)19-9-11-23-24-17(4,5)14(3)16(21)20-10-7-8-18(20)12-15(18)22-6/h13-15,19H,7-12H2,1-6H3/t14-,15?,18-/m1/s1. The molecule has 4 nitrogen and oxygen atoms in total. The molecule has 0 aromatic carbocycles. The van der Waals surface area contributed by atoms with E-state index in [0.29, 0.717) is 11.9 Å². The molecule has 1 heterocycles. The molecule has 0 radical (unpaired) electrons. The van der Waals surface area contributed by atoms with Crippen molar-refractivity contribution in [3.8, 4) is 0 Å². The summed E-state index contributed by atoms with van der Waals surface area (Å²) in [5, 5.41) is 3.44. The Bertz CT molecular complexity index is 445. The van der Waals surface area contributed by atoms with Crippen molar-refractivity contribution in [1.82, 2.24) is 10.2 Å². The minimum Gasteiger partial charge on any atom is -0.379 e. The van der Waals surface area contributed by atoms with Gasteiger partial charge < -0.3 is 15.0 Å². The monoisotopic (exact) mass is 374 g/mol. The lowest BCUT2D eigenvalue weighted by molar-refractivity contribution is -0.138. The maximum atomic E-state index is 13.1. The molecule has 0 aromatic rings. The van der Waals surface area contributed by atoms with Crippen LogP contribution in [0, 0.1) is 5.92 Å². The average molecular weight is 375 g/mol. The van der Waals surface area contributed by atoms with Gasteiger partial charge in [-0.25, -0.2) is 0 Å². The molecule has 0 bridgehead atoms. The lowest BCUT2D eigenvalue weighted by Crippen LogP contribution is -2.47. The number of carbonyl (C=O) groups is 1. The van der Waals surface area contributed by atoms with Gasteiger partial charge in [0.2, 0.25) is 5.91 Å². The van der Waals surface area contributed by atoms with Crippen LogP contribution in [-0.2, 0) is 9.53 Å². The smallest absolute Gasteiger partial charge is 0.227 e. The van der Waals surface area contributed by atoms with Crippen LogP contribution in [0.5, 0.6) is 0 Å². The second-order valence-electron chi connectivity index (χ2n) is 7.96. The van der Waals surface area contributed by atoms with E-state index in [1.807, 2.05) is 21.6 Å². The van der Waals surface area contributed by atoms with Crippen molar-refractivity contribution in [3.63, 3.8) is 0 Å². The van der Waals surface area contributed by atoms with Crippen molar-refractivity contribution in [2.75, 3.05) is 26.0 Å². The number of hydrogen-bond acceptors (Lipinski definition) is 5. The Balaban J connectivity index is 1.85. The highest BCUT2D eigenvalue weighted by atomic mass is 33.1. The zero-order chi connectivity index (χ0) is 18.0. The third kappa shape index (κ3) is 4.43. The molecule has 1 N–H and O–H groups in total. The Labute approximate surface area is 155 Å². The molecule has 1 spiro atoms. The number of nitrogens with one attached hydrogen (secondary N) is 1. The molecule has 3 atom stereocenters. The van der Waals surface area contributed by atoms with Crippen LogP contribution in [-0.4, -0.2) is 59.2 Å². The van der Waals surface area contributed by atoms with Crippen molar-refractivity contribution in [2.45, 2.75) is 76.3 Å². The third-order valence-corrected chi connectivity index (χ3v) is 8.90. The Kier molecular flexibility index (Phi) is 6.96. The molecule has 1 amide bonds. The highest BCUT2D eigenvalue weighted by Crippen LogP contribution is 2.53. The number of amides is 1. The van der Waals surface area contributed by atoms with Gasteiger partial charge in [-0.3, -0.25) is 4.79 Å². The quantitative estimate of drug-likeness (QED) is 0.494. The molecule has 1 aliphatic carbocycles. The third-order valence-electron chi connectivity index (χ3n) is 5.48. The first kappa shape index (κ1) is 20.4. The van der Waals surface area contributed by atoms with Gasteiger partial charge in [-0.15, -0.1) is 0 Å². The maximum absolute atomic E-state index is 13.1. The summed E-state index contributed by atoms with van der Waals surface area (Å²) in [7, 11) is 5.49. The van der Waals surface area contributed by atoms with Gasteiger partial charge in [0.15, 0.2) is 0 Å². The van der Waals surface area contributed by atoms with E-state index in [-0.39, 0.29) is 22.3 Å². The Morgan fingerprint density at radius 1 is 1.42 bits per heavy atom. The van der Waals surface area contributed by atoms with E-state index in [1.54, 1.807) is 7.11 Å². The molecule has 1 saturated heterocycles. The summed E-state index contributed by atoms with van der Waals surface area (Å²) in [5.74, 6) is 1.39. The van der Waals surface area contributed by atoms with Gasteiger partial charge in [0.1, 0.15) is 0 Å². The predicted molar refractivity (Wildman–Crippen MR) is 106 cm³/mol. The summed E-state index contributed by atoms with van der Waals surface area (Å²) in [6, 6.07) is 0.530. The summed E-state index contributed by atoms with van der Waals surface area (Å²) in [4.78, 5) is 15.3. The first-order chi connectivity index (χ1) is 11.2. The van der Waals surface area contributed by atoms with Gasteiger partial charge in [0, 0.05) is 43.2 Å². The fourth-order valence-electron chi connectivity index (χ4n) is 3.53. The average Bonchev–Trinajstić information content (AvgIpc) is 3.06. The van der Waals surface area contributed by atoms with Gasteiger partial charge in [0.05, 0.1) is 17.6 Å². The van der Waals surface area contributed by atoms with E-state index in [0.717, 1.165) is 38.1 Å². The molecular formula is C18H34N2O2S2. The summed E-state index contributed by atoms with van der Waals surface area (Å²) >= 11 is 0. The van der Waals surface area contributed by atoms with E-state index < -0.39 is 0 Å². The number of hydrogen-bond donors (Lipinski definition) is 1. The van der Waals surface area contributed by atoms with E-state index in [1.165, 1.54) is 0 Å². The predicted octanol–water partition coefficient (Wildman–Crippen LogP) is 3.56. The molecule has 1 saturated carbocycles. The Morgan fingerprint density at radius 3 is 2.71 bits per heavy atom. The van der Waals surface area contributed by atoms with Gasteiger partial charge >= 0.3 is 0 Å². The zero-order valence-corrected chi connectivity index (χ0v) is 17.7. The highest BCUT2D eigenvalue weighted by molar-refractivity contribution is 8.77. The molecule has 140 valence electrons. The maximum Gasteiger partial charge on any atom is 0.227 e. The molecule has 1 aliphatic heterocycles. The zero-order valence-electron chi connectivity index (χ0n) is 16.1. The minimum atomic E-state index is -0.0686. The molecule has 0 aromatic heterocycles. The molecule has 1 unspecified atom stereocenters. The van der Waals surface area contributed by atoms with Gasteiger partial charge in [0.25, 0.3) is 0 Å². The lowest BCUT2D eigenvalue weighted by Gasteiger charge is -2.35. The van der Waals surface area contributed by atoms with Gasteiger partial charge in [-0.1, -0.05) is 42.4 Å². The van der Waals surface area contributed by atoms with Crippen LogP contribution in [0.2, 0.25) is 0 Å². The number of ether oxygens (including phenoxy) is 1. The SMILES string of the molecule is COC1C[C@]12CCCN2C(=O)[C@@H](C)C(C)(C)SSCCNC(C)C. The van der Waals surface area contributed by atoms with Crippen molar-refractivity contribution in [1.29, 1.82) is 0 Å². The molecule has 24 heavy (non-hydrogen) atoms. The normalized spacial score (nSPS) is 28.0. The van der Waals surface area contributed by atoms with Crippen LogP contribution in [0.25, 0.3) is 0 Å². The highest BCUT2D eigenvalue weighted by Gasteiger charge is 2.63. The van der Waals surface area contributed by atoms with Crippen LogP contribution in [0.3, 0.4) is 0 Å². The fraction of sp³-hybridized carbons (Fsp3) is 0.944. The van der Waals surface area contributed by atoms with E-state index in [4.69, 9.17) is 4.74 Å². The molecule has 2 aliphatic rings. The number of carbonyl (C=O) groups excluding carboxylic acids is 1. The Hall–Kier alpha value is 0.0900. The largest absolute Gasteiger partial charge is 0.379 e. The summed E-state index contributed by atoms with van der Waals surface area (Å²) in [6.45, 7) is 12.7. The first-order valence-electron chi connectivity index (χ1n) is 9.13. The molecule has 6 heteroatoms. The fourth-order valence-corrected chi connectivity index (χ4v) is 6.21. The van der Waals surface area contributed by atoms with Crippen molar-refractivity contribution in [3.05, 3.63) is 0 Å². The number of nitrogens with zero attached hydrogens (tertiary/aromatic N) is 1. The summed E-state index contributed by atoms with van der Waals surface area (Å²) in [5.41, 5.74) is 0.0230. The van der Waals surface area contributed by atoms with E-state index in [9.17, 15) is 4.79 Å². The second kappa shape index (κ2) is 8.19. The van der Waals surface area contributed by atoms with Crippen LogP contribution in [0.15, 0.2) is 0 Å². The number of methoxy groups -OCH3 is 1. The van der Waals surface area contributed by atoms with E-state index in [2.05, 4.69) is 44.8 Å². The summed E-state index contributed by atoms with van der Waals surface area (Å²) in [6.07, 6.45) is 3.49. The Morgan fingerprint density at radius 2 is 2.12 bits per heavy atom. The van der Waals surface area contributed by atoms with Crippen molar-refractivity contribution in [2.24, 2.45) is 5.92 Å². The van der Waals surface area contributed by atoms with Crippen molar-refractivity contribution < 1.29 is 9.53 Å². The number of rotatable bonds is 9. The van der Waals surface area contributed by atoms with Crippen LogP contribution >= 0.6 is 21.6 Å². The topological polar surface area (TPSA) is 41.6 Å². The van der Waals surface area contributed by atoms with E-state index >= 15 is 0 Å². The van der Waals surface area contributed by atoms with Gasteiger partial charge in [-0.05, 0) is 26.7 Å². The number of likely N-dealkylation sites (tertiary alicyclic amines) is 1. The lowest BCUT2D eigenvalue weighted by atomic mass is 9.95. The van der Waals surface area contributed by atoms with Crippen molar-refractivity contribution >= 4 is 27.5 Å². The van der Waals surface area contributed by atoms with Crippen LogP contribution in [0.4, 0.5) is 0 Å². The summed E-state index contributed by atoms with van der Waals surface area (Å²) < 4.78 is 5.48.